The number of imide groups is 1. The van der Waals surface area contributed by atoms with Gasteiger partial charge in [0.2, 0.25) is 0 Å². The quantitative estimate of drug-likeness (QED) is 0.124. The molecule has 10 heteroatoms. The summed E-state index contributed by atoms with van der Waals surface area (Å²) in [5, 5.41) is 16.7. The van der Waals surface area contributed by atoms with Crippen molar-refractivity contribution < 1.29 is 14.5 Å². The molecule has 0 spiro atoms. The Kier molecular flexibility index (Phi) is 6.75. The fourth-order valence-electron chi connectivity index (χ4n) is 4.74. The van der Waals surface area contributed by atoms with E-state index in [1.54, 1.807) is 29.1 Å². The van der Waals surface area contributed by atoms with Gasteiger partial charge in [0, 0.05) is 54.3 Å². The Balaban J connectivity index is 1.25. The van der Waals surface area contributed by atoms with E-state index < -0.39 is 4.92 Å². The molecule has 0 saturated carbocycles. The van der Waals surface area contributed by atoms with Gasteiger partial charge in [-0.2, -0.15) is 5.10 Å². The molecule has 0 unspecified atom stereocenters. The summed E-state index contributed by atoms with van der Waals surface area (Å²) in [6.45, 7) is 0.995. The number of para-hydroxylation sites is 2. The first-order valence-electron chi connectivity index (χ1n) is 12.7. The molecule has 3 aromatic carbocycles. The Bertz CT molecular complexity index is 1770. The first-order chi connectivity index (χ1) is 19.5. The van der Waals surface area contributed by atoms with Crippen LogP contribution in [0, 0.1) is 10.1 Å². The van der Waals surface area contributed by atoms with E-state index in [0.29, 0.717) is 41.2 Å². The molecule has 1 aliphatic heterocycles. The van der Waals surface area contributed by atoms with Crippen molar-refractivity contribution in [3.8, 4) is 16.9 Å². The van der Waals surface area contributed by atoms with Crippen LogP contribution >= 0.6 is 11.8 Å². The summed E-state index contributed by atoms with van der Waals surface area (Å²) < 4.78 is 3.81. The highest BCUT2D eigenvalue weighted by atomic mass is 32.2. The molecule has 40 heavy (non-hydrogen) atoms. The van der Waals surface area contributed by atoms with Gasteiger partial charge < -0.3 is 4.57 Å². The molecule has 0 bridgehead atoms. The molecule has 1 saturated heterocycles. The van der Waals surface area contributed by atoms with E-state index >= 15 is 0 Å². The van der Waals surface area contributed by atoms with Gasteiger partial charge in [0.05, 0.1) is 21.2 Å². The Morgan fingerprint density at radius 1 is 0.900 bits per heavy atom. The summed E-state index contributed by atoms with van der Waals surface area (Å²) in [5.74, 6) is -0.338. The molecule has 0 atom stereocenters. The number of carbonyl (C=O) groups is 2. The van der Waals surface area contributed by atoms with E-state index in [1.807, 2.05) is 48.7 Å². The van der Waals surface area contributed by atoms with Crippen LogP contribution in [-0.2, 0) is 11.3 Å². The second kappa shape index (κ2) is 10.7. The van der Waals surface area contributed by atoms with Crippen LogP contribution in [0.4, 0.5) is 10.5 Å². The molecule has 1 fully saturated rings. The molecule has 3 heterocycles. The van der Waals surface area contributed by atoms with Crippen LogP contribution in [-0.4, -0.2) is 41.9 Å². The third kappa shape index (κ3) is 4.92. The van der Waals surface area contributed by atoms with Crippen molar-refractivity contribution >= 4 is 45.6 Å². The zero-order valence-electron chi connectivity index (χ0n) is 21.2. The first-order valence-corrected chi connectivity index (χ1v) is 13.5. The summed E-state index contributed by atoms with van der Waals surface area (Å²) in [5.41, 5.74) is 3.74. The van der Waals surface area contributed by atoms with E-state index in [0.717, 1.165) is 28.4 Å². The number of nitro benzene ring substituents is 1. The minimum absolute atomic E-state index is 0.0261. The molecular formula is C30H23N5O4S. The fraction of sp³-hybridized carbons (Fsp3) is 0.100. The second-order valence-electron chi connectivity index (χ2n) is 9.27. The topological polar surface area (TPSA) is 103 Å². The van der Waals surface area contributed by atoms with Gasteiger partial charge in [-0.3, -0.25) is 24.6 Å². The highest BCUT2D eigenvalue weighted by Gasteiger charge is 2.35. The number of hydrogen-bond donors (Lipinski definition) is 0. The Morgan fingerprint density at radius 3 is 2.42 bits per heavy atom. The van der Waals surface area contributed by atoms with Crippen LogP contribution in [0.25, 0.3) is 33.9 Å². The maximum Gasteiger partial charge on any atom is 0.293 e. The molecule has 198 valence electrons. The number of benzene rings is 3. The number of rotatable bonds is 8. The number of nitrogens with zero attached hydrogens (tertiary/aromatic N) is 5. The van der Waals surface area contributed by atoms with Gasteiger partial charge in [-0.05, 0) is 66.0 Å². The van der Waals surface area contributed by atoms with Crippen LogP contribution in [0.2, 0.25) is 0 Å². The Morgan fingerprint density at radius 2 is 1.65 bits per heavy atom. The first kappa shape index (κ1) is 25.3. The van der Waals surface area contributed by atoms with E-state index in [2.05, 4.69) is 22.8 Å². The zero-order chi connectivity index (χ0) is 27.6. The lowest BCUT2D eigenvalue weighted by Gasteiger charge is -2.13. The number of nitro groups is 1. The molecule has 0 radical (unpaired) electrons. The van der Waals surface area contributed by atoms with E-state index in [-0.39, 0.29) is 16.8 Å². The lowest BCUT2D eigenvalue weighted by molar-refractivity contribution is -0.384. The molecule has 1 aliphatic rings. The number of aromatic nitrogens is 3. The summed E-state index contributed by atoms with van der Waals surface area (Å²) >= 11 is 0.908. The average molecular weight is 550 g/mol. The molecule has 0 aliphatic carbocycles. The third-order valence-electron chi connectivity index (χ3n) is 6.74. The van der Waals surface area contributed by atoms with Crippen LogP contribution in [0.3, 0.4) is 0 Å². The number of aryl methyl sites for hydroxylation is 1. The van der Waals surface area contributed by atoms with Crippen molar-refractivity contribution in [2.24, 2.45) is 0 Å². The van der Waals surface area contributed by atoms with Crippen molar-refractivity contribution in [2.45, 2.75) is 13.0 Å². The minimum atomic E-state index is -0.456. The van der Waals surface area contributed by atoms with Crippen molar-refractivity contribution in [3.63, 3.8) is 0 Å². The normalized spacial score (nSPS) is 14.5. The molecule has 5 aromatic rings. The van der Waals surface area contributed by atoms with Crippen LogP contribution in [0.15, 0.2) is 102 Å². The van der Waals surface area contributed by atoms with Gasteiger partial charge in [0.1, 0.15) is 0 Å². The number of carbonyl (C=O) groups excluding carboxylic acids is 2. The standard InChI is InChI=1S/C30H23N5O4S/c36-29-27(40-30(37)33(29)17-6-16-32-18-15-21-7-4-5-10-26(21)32)19-23-20-34(24-8-2-1-3-9-24)31-28(23)22-11-13-25(14-12-22)35(38)39/h1-5,7-15,18-20H,6,16-17H2/b27-19-. The number of amides is 2. The van der Waals surface area contributed by atoms with Crippen molar-refractivity contribution in [1.29, 1.82) is 0 Å². The van der Waals surface area contributed by atoms with Crippen molar-refractivity contribution in [1.82, 2.24) is 19.2 Å². The Hall–Kier alpha value is -4.96. The van der Waals surface area contributed by atoms with Crippen molar-refractivity contribution in [3.05, 3.63) is 118 Å². The largest absolute Gasteiger partial charge is 0.347 e. The average Bonchev–Trinajstić information content (AvgIpc) is 3.66. The van der Waals surface area contributed by atoms with Crippen molar-refractivity contribution in [2.75, 3.05) is 6.54 Å². The van der Waals surface area contributed by atoms with Gasteiger partial charge in [-0.15, -0.1) is 0 Å². The van der Waals surface area contributed by atoms with E-state index in [1.165, 1.54) is 17.0 Å². The summed E-state index contributed by atoms with van der Waals surface area (Å²) in [7, 11) is 0. The second-order valence-corrected chi connectivity index (χ2v) is 10.3. The van der Waals surface area contributed by atoms with E-state index in [9.17, 15) is 19.7 Å². The molecule has 0 N–H and O–H groups in total. The minimum Gasteiger partial charge on any atom is -0.347 e. The number of hydrogen-bond acceptors (Lipinski definition) is 6. The molecule has 9 nitrogen and oxygen atoms in total. The maximum atomic E-state index is 13.3. The number of fused-ring (bicyclic) bond motifs is 1. The Labute approximate surface area is 233 Å². The summed E-state index contributed by atoms with van der Waals surface area (Å²) in [4.78, 5) is 38.4. The monoisotopic (exact) mass is 549 g/mol. The third-order valence-corrected chi connectivity index (χ3v) is 7.64. The van der Waals surface area contributed by atoms with Gasteiger partial charge in [-0.25, -0.2) is 4.68 Å². The number of thioether (sulfide) groups is 1. The molecule has 2 amide bonds. The molecule has 2 aromatic heterocycles. The summed E-state index contributed by atoms with van der Waals surface area (Å²) in [6.07, 6.45) is 6.11. The SMILES string of the molecule is O=C1S/C(=C\c2cn(-c3ccccc3)nc2-c2ccc([N+](=O)[O-])cc2)C(=O)N1CCCn1ccc2ccccc21. The molecule has 6 rings (SSSR count). The van der Waals surface area contributed by atoms with Crippen LogP contribution < -0.4 is 0 Å². The fourth-order valence-corrected chi connectivity index (χ4v) is 5.60. The summed E-state index contributed by atoms with van der Waals surface area (Å²) in [6, 6.07) is 25.7. The number of non-ortho nitro benzene ring substituents is 1. The van der Waals surface area contributed by atoms with Gasteiger partial charge >= 0.3 is 0 Å². The maximum absolute atomic E-state index is 13.3. The predicted octanol–water partition coefficient (Wildman–Crippen LogP) is 6.53. The van der Waals surface area contributed by atoms with Crippen LogP contribution in [0.5, 0.6) is 0 Å². The van der Waals surface area contributed by atoms with Gasteiger partial charge in [-0.1, -0.05) is 36.4 Å². The highest BCUT2D eigenvalue weighted by molar-refractivity contribution is 8.18. The van der Waals surface area contributed by atoms with Crippen LogP contribution in [0.1, 0.15) is 12.0 Å². The van der Waals surface area contributed by atoms with Gasteiger partial charge in [0.25, 0.3) is 16.8 Å². The lowest BCUT2D eigenvalue weighted by Crippen LogP contribution is -2.29. The molecular weight excluding hydrogens is 526 g/mol. The smallest absolute Gasteiger partial charge is 0.293 e. The highest BCUT2D eigenvalue weighted by Crippen LogP contribution is 2.35. The van der Waals surface area contributed by atoms with E-state index in [4.69, 9.17) is 5.10 Å². The zero-order valence-corrected chi connectivity index (χ0v) is 22.0. The lowest BCUT2D eigenvalue weighted by atomic mass is 10.1. The predicted molar refractivity (Wildman–Crippen MR) is 155 cm³/mol. The van der Waals surface area contributed by atoms with Gasteiger partial charge in [0.15, 0.2) is 0 Å².